The summed E-state index contributed by atoms with van der Waals surface area (Å²) in [5.74, 6) is -2.15. The van der Waals surface area contributed by atoms with Crippen molar-refractivity contribution in [2.24, 2.45) is 0 Å². The molecule has 3 aromatic rings. The molecule has 0 saturated carbocycles. The first-order chi connectivity index (χ1) is 23.3. The molecule has 1 amide bonds. The van der Waals surface area contributed by atoms with Crippen molar-refractivity contribution in [2.75, 3.05) is 23.4 Å². The maximum Gasteiger partial charge on any atom is 0.416 e. The summed E-state index contributed by atoms with van der Waals surface area (Å²) in [4.78, 5) is 33.6. The van der Waals surface area contributed by atoms with Crippen molar-refractivity contribution >= 4 is 23.7 Å². The van der Waals surface area contributed by atoms with Gasteiger partial charge in [0.15, 0.2) is 5.75 Å². The number of hydrogen-bond acceptors (Lipinski definition) is 7. The predicted molar refractivity (Wildman–Crippen MR) is 159 cm³/mol. The van der Waals surface area contributed by atoms with Gasteiger partial charge in [0.25, 0.3) is 0 Å². The first-order valence-electron chi connectivity index (χ1n) is 15.2. The Kier molecular flexibility index (Phi) is 11.1. The number of rotatable bonds is 11. The molecular formula is C32H31F9N4O5. The average molecular weight is 723 g/mol. The number of carboxylic acids is 1. The lowest BCUT2D eigenvalue weighted by atomic mass is 9.77. The number of amides is 1. The number of carbonyl (C=O) groups is 2. The number of fused-ring (bicyclic) bond motifs is 1. The van der Waals surface area contributed by atoms with Gasteiger partial charge < -0.3 is 19.9 Å². The van der Waals surface area contributed by atoms with Crippen LogP contribution in [-0.4, -0.2) is 46.0 Å². The molecule has 0 unspecified atom stereocenters. The summed E-state index contributed by atoms with van der Waals surface area (Å²) in [6.45, 7) is 2.96. The van der Waals surface area contributed by atoms with Crippen LogP contribution in [0.5, 0.6) is 5.75 Å². The van der Waals surface area contributed by atoms with Crippen molar-refractivity contribution in [3.05, 3.63) is 76.6 Å². The molecule has 0 bridgehead atoms. The molecule has 0 saturated heterocycles. The molecule has 0 fully saturated rings. The number of carboxylic acid groups (broad SMARTS) is 1. The summed E-state index contributed by atoms with van der Waals surface area (Å²) in [6, 6.07) is 3.40. The van der Waals surface area contributed by atoms with Crippen molar-refractivity contribution in [3.8, 4) is 5.75 Å². The van der Waals surface area contributed by atoms with Crippen LogP contribution in [0.25, 0.3) is 0 Å². The number of hydrogen-bond donors (Lipinski definition) is 2. The molecule has 272 valence electrons. The number of nitrogens with one attached hydrogen (secondary N) is 1. The van der Waals surface area contributed by atoms with Gasteiger partial charge in [-0.2, -0.15) is 39.5 Å². The van der Waals surface area contributed by atoms with Gasteiger partial charge in [0.1, 0.15) is 5.66 Å². The molecular weight excluding hydrogens is 691 g/mol. The van der Waals surface area contributed by atoms with Crippen LogP contribution >= 0.6 is 0 Å². The lowest BCUT2D eigenvalue weighted by molar-refractivity contribution is -0.143. The first kappa shape index (κ1) is 38.0. The van der Waals surface area contributed by atoms with Crippen LogP contribution < -0.4 is 15.0 Å². The molecule has 18 heteroatoms. The Morgan fingerprint density at radius 1 is 0.920 bits per heavy atom. The molecule has 2 heterocycles. The smallest absolute Gasteiger partial charge is 0.416 e. The largest absolute Gasteiger partial charge is 0.490 e. The Labute approximate surface area is 279 Å². The van der Waals surface area contributed by atoms with Gasteiger partial charge >= 0.3 is 30.6 Å². The second-order valence-corrected chi connectivity index (χ2v) is 11.4. The van der Waals surface area contributed by atoms with Gasteiger partial charge in [-0.1, -0.05) is 6.92 Å². The third-order valence-electron chi connectivity index (χ3n) is 7.99. The summed E-state index contributed by atoms with van der Waals surface area (Å²) >= 11 is 0. The number of aromatic nitrogens is 2. The number of alkyl halides is 9. The molecule has 2 atom stereocenters. The van der Waals surface area contributed by atoms with Crippen LogP contribution in [-0.2, 0) is 34.5 Å². The molecule has 2 aromatic carbocycles. The number of carbonyl (C=O) groups excluding carboxylic acids is 1. The molecule has 50 heavy (non-hydrogen) atoms. The zero-order valence-corrected chi connectivity index (χ0v) is 26.5. The molecule has 1 aromatic heterocycles. The Balaban J connectivity index is 1.83. The van der Waals surface area contributed by atoms with E-state index < -0.39 is 70.8 Å². The zero-order chi connectivity index (χ0) is 37.1. The summed E-state index contributed by atoms with van der Waals surface area (Å²) < 4.78 is 135. The minimum Gasteiger partial charge on any atom is -0.490 e. The highest BCUT2D eigenvalue weighted by Crippen LogP contribution is 2.49. The predicted octanol–water partition coefficient (Wildman–Crippen LogP) is 8.69. The number of halogens is 9. The Hall–Kier alpha value is -4.77. The summed E-state index contributed by atoms with van der Waals surface area (Å²) in [6.07, 6.45) is -14.6. The highest BCUT2D eigenvalue weighted by Gasteiger charge is 2.49. The van der Waals surface area contributed by atoms with E-state index in [2.05, 4.69) is 15.3 Å². The molecule has 4 rings (SSSR count). The van der Waals surface area contributed by atoms with Crippen molar-refractivity contribution in [1.29, 1.82) is 0 Å². The highest BCUT2D eigenvalue weighted by molar-refractivity contribution is 5.92. The fourth-order valence-corrected chi connectivity index (χ4v) is 5.74. The topological polar surface area (TPSA) is 114 Å². The number of nitrogens with zero attached hydrogens (tertiary/aromatic N) is 3. The zero-order valence-electron chi connectivity index (χ0n) is 26.5. The van der Waals surface area contributed by atoms with E-state index in [1.54, 1.807) is 6.92 Å². The quantitative estimate of drug-likeness (QED) is 0.149. The molecule has 2 N–H and O–H groups in total. The number of anilines is 2. The normalized spacial score (nSPS) is 18.0. The second kappa shape index (κ2) is 14.6. The van der Waals surface area contributed by atoms with Gasteiger partial charge in [0.05, 0.1) is 48.0 Å². The van der Waals surface area contributed by atoms with Crippen LogP contribution in [0.15, 0.2) is 48.8 Å². The molecule has 9 nitrogen and oxygen atoms in total. The summed E-state index contributed by atoms with van der Waals surface area (Å²) in [5, 5.41) is 11.8. The lowest BCUT2D eigenvalue weighted by Gasteiger charge is -2.49. The van der Waals surface area contributed by atoms with Crippen LogP contribution in [0.3, 0.4) is 0 Å². The standard InChI is InChI=1S/C32H31F9N4O5/c1-3-29(44-27-42-16-23(17-43-27)50-9-5-6-26(46)47)15-19(10-18-11-21(31(36,37)38)13-22(12-18)32(39,40)41)24-14-20(30(33,34)35)7-8-25(24)45(29)28(48)49-4-2/h7-8,11-14,16-17,19H,3-6,9-10,15H2,1-2H3,(H,46,47)(H,42,43,44)/t19-,29+/m0/s1. The molecule has 1 aliphatic heterocycles. The number of ether oxygens (including phenoxy) is 2. The van der Waals surface area contributed by atoms with Crippen molar-refractivity contribution < 1.29 is 63.7 Å². The van der Waals surface area contributed by atoms with E-state index in [9.17, 15) is 49.1 Å². The van der Waals surface area contributed by atoms with Crippen molar-refractivity contribution in [2.45, 2.75) is 76.1 Å². The molecule has 1 aliphatic rings. The van der Waals surface area contributed by atoms with Gasteiger partial charge in [0.2, 0.25) is 5.95 Å². The van der Waals surface area contributed by atoms with E-state index >= 15 is 0 Å². The van der Waals surface area contributed by atoms with Crippen LogP contribution in [0.2, 0.25) is 0 Å². The van der Waals surface area contributed by atoms with E-state index in [4.69, 9.17) is 14.6 Å². The van der Waals surface area contributed by atoms with Gasteiger partial charge in [-0.05, 0) is 86.1 Å². The molecule has 0 spiro atoms. The fourth-order valence-electron chi connectivity index (χ4n) is 5.74. The van der Waals surface area contributed by atoms with E-state index in [-0.39, 0.29) is 67.9 Å². The lowest BCUT2D eigenvalue weighted by Crippen LogP contribution is -2.60. The second-order valence-electron chi connectivity index (χ2n) is 11.4. The van der Waals surface area contributed by atoms with Crippen molar-refractivity contribution in [1.82, 2.24) is 9.97 Å². The maximum atomic E-state index is 13.9. The minimum absolute atomic E-state index is 0.0179. The van der Waals surface area contributed by atoms with Crippen LogP contribution in [0, 0.1) is 0 Å². The van der Waals surface area contributed by atoms with Crippen LogP contribution in [0.4, 0.5) is 55.9 Å². The monoisotopic (exact) mass is 722 g/mol. The maximum absolute atomic E-state index is 13.9. The third-order valence-corrected chi connectivity index (χ3v) is 7.99. The van der Waals surface area contributed by atoms with Gasteiger partial charge in [0, 0.05) is 6.42 Å². The van der Waals surface area contributed by atoms with Crippen LogP contribution in [0.1, 0.15) is 73.3 Å². The third kappa shape index (κ3) is 8.87. The number of aliphatic carboxylic acids is 1. The van der Waals surface area contributed by atoms with E-state index in [1.165, 1.54) is 19.3 Å². The Morgan fingerprint density at radius 2 is 1.52 bits per heavy atom. The first-order valence-corrected chi connectivity index (χ1v) is 15.2. The molecule has 0 aliphatic carbocycles. The van der Waals surface area contributed by atoms with Gasteiger partial charge in [-0.25, -0.2) is 14.8 Å². The average Bonchev–Trinajstić information content (AvgIpc) is 3.02. The minimum atomic E-state index is -5.16. The Morgan fingerprint density at radius 3 is 2.04 bits per heavy atom. The van der Waals surface area contributed by atoms with Gasteiger partial charge in [-0.15, -0.1) is 0 Å². The fraction of sp³-hybridized carbons (Fsp3) is 0.438. The SMILES string of the molecule is CCOC(=O)N1c2ccc(C(F)(F)F)cc2[C@@H](Cc2cc(C(F)(F)F)cc(C(F)(F)F)c2)C[C@]1(CC)Nc1ncc(OCCCC(=O)O)cn1. The number of benzene rings is 2. The highest BCUT2D eigenvalue weighted by atomic mass is 19.4. The van der Waals surface area contributed by atoms with E-state index in [0.717, 1.165) is 17.0 Å². The summed E-state index contributed by atoms with van der Waals surface area (Å²) in [7, 11) is 0. The summed E-state index contributed by atoms with van der Waals surface area (Å²) in [5.41, 5.74) is -6.68. The van der Waals surface area contributed by atoms with Crippen molar-refractivity contribution in [3.63, 3.8) is 0 Å². The van der Waals surface area contributed by atoms with E-state index in [1.807, 2.05) is 0 Å². The van der Waals surface area contributed by atoms with E-state index in [0.29, 0.717) is 18.2 Å². The Bertz CT molecular complexity index is 1650. The van der Waals surface area contributed by atoms with Gasteiger partial charge in [-0.3, -0.25) is 9.69 Å². The molecule has 0 radical (unpaired) electrons.